The third kappa shape index (κ3) is 6.15. The van der Waals surface area contributed by atoms with Crippen molar-refractivity contribution in [2.45, 2.75) is 45.2 Å². The van der Waals surface area contributed by atoms with E-state index in [0.717, 1.165) is 11.4 Å². The molecule has 204 valence electrons. The van der Waals surface area contributed by atoms with Crippen LogP contribution in [-0.4, -0.2) is 78.9 Å². The van der Waals surface area contributed by atoms with Crippen molar-refractivity contribution in [1.29, 1.82) is 0 Å². The van der Waals surface area contributed by atoms with Crippen molar-refractivity contribution in [2.75, 3.05) is 41.0 Å². The molecule has 1 N–H and O–H groups in total. The van der Waals surface area contributed by atoms with Gasteiger partial charge in [0.05, 0.1) is 12.2 Å². The van der Waals surface area contributed by atoms with Gasteiger partial charge in [0, 0.05) is 64.6 Å². The zero-order chi connectivity index (χ0) is 27.1. The topological polar surface area (TPSA) is 104 Å². The lowest BCUT2D eigenvalue weighted by molar-refractivity contribution is -0.172. The number of aromatic nitrogens is 2. The highest BCUT2D eigenvalue weighted by atomic mass is 16.7. The first-order valence-corrected chi connectivity index (χ1v) is 12.5. The number of rotatable bonds is 12. The van der Waals surface area contributed by atoms with Crippen molar-refractivity contribution in [2.24, 2.45) is 13.0 Å². The number of benzene rings is 1. The average Bonchev–Trinajstić information content (AvgIpc) is 3.13. The summed E-state index contributed by atoms with van der Waals surface area (Å²) < 4.78 is 26.0. The van der Waals surface area contributed by atoms with Crippen LogP contribution in [0.3, 0.4) is 0 Å². The number of aliphatic hydroxyl groups is 1. The Bertz CT molecular complexity index is 1120. The van der Waals surface area contributed by atoms with E-state index in [1.807, 2.05) is 55.9 Å². The molecule has 1 aromatic heterocycles. The van der Waals surface area contributed by atoms with Gasteiger partial charge in [-0.05, 0) is 44.9 Å². The van der Waals surface area contributed by atoms with Crippen LogP contribution in [0.4, 0.5) is 0 Å². The summed E-state index contributed by atoms with van der Waals surface area (Å²) in [5.41, 5.74) is 1.93. The van der Waals surface area contributed by atoms with Gasteiger partial charge < -0.3 is 29.0 Å². The Morgan fingerprint density at radius 1 is 1.22 bits per heavy atom. The van der Waals surface area contributed by atoms with Gasteiger partial charge in [0.15, 0.2) is 12.0 Å². The van der Waals surface area contributed by atoms with Gasteiger partial charge in [0.25, 0.3) is 11.5 Å². The highest BCUT2D eigenvalue weighted by Crippen LogP contribution is 2.40. The van der Waals surface area contributed by atoms with E-state index in [1.54, 1.807) is 17.8 Å². The van der Waals surface area contributed by atoms with Gasteiger partial charge in [-0.25, -0.2) is 4.68 Å². The molecular formula is C27H39N3O7. The Labute approximate surface area is 218 Å². The van der Waals surface area contributed by atoms with E-state index in [2.05, 4.69) is 0 Å². The number of nitrogens with zero attached hydrogens (tertiary/aromatic N) is 3. The maximum atomic E-state index is 13.9. The van der Waals surface area contributed by atoms with Crippen LogP contribution in [0.1, 0.15) is 36.9 Å². The van der Waals surface area contributed by atoms with E-state index in [-0.39, 0.29) is 36.3 Å². The first-order chi connectivity index (χ1) is 17.8. The van der Waals surface area contributed by atoms with Crippen molar-refractivity contribution in [3.63, 3.8) is 0 Å². The fourth-order valence-electron chi connectivity index (χ4n) is 4.80. The van der Waals surface area contributed by atoms with Crippen LogP contribution in [0, 0.1) is 12.8 Å². The van der Waals surface area contributed by atoms with Gasteiger partial charge in [-0.2, -0.15) is 0 Å². The van der Waals surface area contributed by atoms with Crippen molar-refractivity contribution < 1.29 is 28.8 Å². The van der Waals surface area contributed by atoms with Gasteiger partial charge in [0.2, 0.25) is 6.29 Å². The quantitative estimate of drug-likeness (QED) is 0.431. The zero-order valence-corrected chi connectivity index (χ0v) is 22.5. The molecule has 0 spiro atoms. The van der Waals surface area contributed by atoms with Crippen LogP contribution in [0.5, 0.6) is 0 Å². The minimum atomic E-state index is -0.760. The minimum absolute atomic E-state index is 0.00223. The molecule has 3 rings (SSSR count). The molecule has 0 bridgehead atoms. The number of hydrogen-bond acceptors (Lipinski definition) is 7. The van der Waals surface area contributed by atoms with E-state index in [4.69, 9.17) is 18.9 Å². The van der Waals surface area contributed by atoms with E-state index < -0.39 is 18.5 Å². The summed E-state index contributed by atoms with van der Waals surface area (Å²) in [5.74, 6) is -1.01. The predicted molar refractivity (Wildman–Crippen MR) is 138 cm³/mol. The van der Waals surface area contributed by atoms with Gasteiger partial charge in [-0.15, -0.1) is 0 Å². The molecule has 0 radical (unpaired) electrons. The predicted octanol–water partition coefficient (Wildman–Crippen LogP) is 2.31. The molecule has 0 fully saturated rings. The molecule has 2 heterocycles. The largest absolute Gasteiger partial charge is 0.459 e. The van der Waals surface area contributed by atoms with Crippen LogP contribution in [0.15, 0.2) is 47.0 Å². The van der Waals surface area contributed by atoms with Gasteiger partial charge in [0.1, 0.15) is 0 Å². The van der Waals surface area contributed by atoms with Crippen LogP contribution in [0.2, 0.25) is 0 Å². The van der Waals surface area contributed by atoms with Crippen LogP contribution >= 0.6 is 0 Å². The number of likely N-dealkylation sites (N-methyl/N-ethyl adjacent to an activating group) is 1. The number of carbonyl (C=O) groups excluding carboxylic acids is 1. The molecule has 2 aromatic rings. The SMILES string of the molecule is CCO[C@H]1OC(C(=O)N(C)CC(OC)OC)=C[C@@H](c2c(C)n(C)n(-c3ccccc3)c2=O)[C@H]1CCCO. The Hall–Kier alpha value is -2.92. The molecule has 0 saturated carbocycles. The fraction of sp³-hybridized carbons (Fsp3) is 0.556. The number of para-hydroxylation sites is 1. The molecule has 1 aliphatic rings. The summed E-state index contributed by atoms with van der Waals surface area (Å²) >= 11 is 0. The third-order valence-electron chi connectivity index (χ3n) is 6.85. The molecule has 37 heavy (non-hydrogen) atoms. The van der Waals surface area contributed by atoms with Crippen molar-refractivity contribution in [3.05, 3.63) is 63.8 Å². The lowest BCUT2D eigenvalue weighted by Crippen LogP contribution is -2.42. The maximum absolute atomic E-state index is 13.9. The zero-order valence-electron chi connectivity index (χ0n) is 22.5. The van der Waals surface area contributed by atoms with E-state index in [1.165, 1.54) is 19.1 Å². The number of hydrogen-bond donors (Lipinski definition) is 1. The smallest absolute Gasteiger partial charge is 0.288 e. The van der Waals surface area contributed by atoms with Crippen LogP contribution in [-0.2, 0) is 30.8 Å². The second-order valence-corrected chi connectivity index (χ2v) is 9.09. The lowest BCUT2D eigenvalue weighted by atomic mass is 9.80. The van der Waals surface area contributed by atoms with E-state index in [0.29, 0.717) is 25.0 Å². The molecule has 0 unspecified atom stereocenters. The summed E-state index contributed by atoms with van der Waals surface area (Å²) in [6.07, 6.45) is 1.43. The highest BCUT2D eigenvalue weighted by Gasteiger charge is 2.41. The number of carbonyl (C=O) groups is 1. The summed E-state index contributed by atoms with van der Waals surface area (Å²) in [6, 6.07) is 9.42. The van der Waals surface area contributed by atoms with E-state index >= 15 is 0 Å². The number of amides is 1. The van der Waals surface area contributed by atoms with Gasteiger partial charge in [-0.1, -0.05) is 18.2 Å². The molecule has 1 aliphatic heterocycles. The van der Waals surface area contributed by atoms with E-state index in [9.17, 15) is 14.7 Å². The average molecular weight is 518 g/mol. The summed E-state index contributed by atoms with van der Waals surface area (Å²) in [5, 5.41) is 9.57. The molecule has 0 saturated heterocycles. The number of ether oxygens (including phenoxy) is 4. The minimum Gasteiger partial charge on any atom is -0.459 e. The van der Waals surface area contributed by atoms with Crippen molar-refractivity contribution in [1.82, 2.24) is 14.3 Å². The first-order valence-electron chi connectivity index (χ1n) is 12.5. The van der Waals surface area contributed by atoms with Crippen LogP contribution < -0.4 is 5.56 Å². The summed E-state index contributed by atoms with van der Waals surface area (Å²) in [7, 11) is 6.49. The Balaban J connectivity index is 2.12. The van der Waals surface area contributed by atoms with Gasteiger partial charge in [-0.3, -0.25) is 14.3 Å². The standard InChI is InChI=1S/C27H39N3O7/c1-7-36-27-20(14-11-15-31)21(16-22(37-27)25(32)28(3)17-23(34-5)35-6)24-18(2)29(4)30(26(24)33)19-12-9-8-10-13-19/h8-10,12-13,16,20-21,23,27,31H,7,11,14-15,17H2,1-6H3/t20-,21-,27+/m1/s1. The summed E-state index contributed by atoms with van der Waals surface area (Å²) in [4.78, 5) is 28.8. The molecule has 1 aromatic carbocycles. The molecule has 10 heteroatoms. The van der Waals surface area contributed by atoms with Crippen LogP contribution in [0.25, 0.3) is 5.69 Å². The lowest BCUT2D eigenvalue weighted by Gasteiger charge is -2.37. The molecule has 3 atom stereocenters. The number of methoxy groups -OCH3 is 2. The Morgan fingerprint density at radius 3 is 2.49 bits per heavy atom. The Morgan fingerprint density at radius 2 is 1.89 bits per heavy atom. The molecule has 0 aliphatic carbocycles. The molecule has 1 amide bonds. The maximum Gasteiger partial charge on any atom is 0.288 e. The third-order valence-corrected chi connectivity index (χ3v) is 6.85. The van der Waals surface area contributed by atoms with Gasteiger partial charge >= 0.3 is 0 Å². The number of allylic oxidation sites excluding steroid dienone is 1. The fourth-order valence-corrected chi connectivity index (χ4v) is 4.80. The highest BCUT2D eigenvalue weighted by molar-refractivity contribution is 5.91. The second-order valence-electron chi connectivity index (χ2n) is 9.09. The summed E-state index contributed by atoms with van der Waals surface area (Å²) in [6.45, 7) is 4.30. The number of aliphatic hydroxyl groups excluding tert-OH is 1. The molecular weight excluding hydrogens is 478 g/mol. The molecule has 10 nitrogen and oxygen atoms in total. The Kier molecular flexibility index (Phi) is 10.1. The van der Waals surface area contributed by atoms with Crippen molar-refractivity contribution >= 4 is 5.91 Å². The van der Waals surface area contributed by atoms with Crippen molar-refractivity contribution in [3.8, 4) is 5.69 Å². The monoisotopic (exact) mass is 517 g/mol. The first kappa shape index (κ1) is 28.6. The second kappa shape index (κ2) is 13.0. The normalized spacial score (nSPS) is 19.6.